The Labute approximate surface area is 170 Å². The molecule has 4 heteroatoms. The van der Waals surface area contributed by atoms with Gasteiger partial charge in [0.15, 0.2) is 0 Å². The van der Waals surface area contributed by atoms with E-state index in [2.05, 4.69) is 4.99 Å². The number of halogens is 1. The zero-order valence-electron chi connectivity index (χ0n) is 16.1. The lowest BCUT2D eigenvalue weighted by Crippen LogP contribution is -2.11. The molecule has 0 aliphatic carbocycles. The summed E-state index contributed by atoms with van der Waals surface area (Å²) in [6, 6.07) is 23.1. The van der Waals surface area contributed by atoms with Crippen LogP contribution in [0.4, 0.5) is 5.69 Å². The molecule has 0 bridgehead atoms. The molecule has 0 unspecified atom stereocenters. The molecular formula is C24H22ClNO2. The van der Waals surface area contributed by atoms with Crippen molar-refractivity contribution in [2.45, 2.75) is 20.8 Å². The van der Waals surface area contributed by atoms with Gasteiger partial charge in [-0.15, -0.1) is 0 Å². The highest BCUT2D eigenvalue weighted by Gasteiger charge is 2.10. The standard InChI is InChI=1S/C24H22ClNO2/c1-17-8-12-20(13-9-17)26-24(28-23-7-5-4-6-22(23)25)19(3)16-27-21-14-10-18(2)11-15-21/h4-16H,1-3H3/b19-16+,26-24?. The first-order valence-electron chi connectivity index (χ1n) is 8.99. The lowest BCUT2D eigenvalue weighted by molar-refractivity contribution is 0.473. The second-order valence-corrected chi connectivity index (χ2v) is 6.92. The van der Waals surface area contributed by atoms with Crippen molar-refractivity contribution in [2.24, 2.45) is 4.99 Å². The summed E-state index contributed by atoms with van der Waals surface area (Å²) in [6.45, 7) is 5.96. The highest BCUT2D eigenvalue weighted by molar-refractivity contribution is 6.32. The molecule has 0 N–H and O–H groups in total. The number of hydrogen-bond donors (Lipinski definition) is 0. The van der Waals surface area contributed by atoms with Crippen molar-refractivity contribution in [3.63, 3.8) is 0 Å². The average molecular weight is 392 g/mol. The normalized spacial score (nSPS) is 12.0. The van der Waals surface area contributed by atoms with E-state index in [1.807, 2.05) is 81.4 Å². The molecule has 3 aromatic carbocycles. The van der Waals surface area contributed by atoms with Gasteiger partial charge in [0.2, 0.25) is 5.90 Å². The molecule has 0 saturated heterocycles. The third-order valence-electron chi connectivity index (χ3n) is 4.04. The topological polar surface area (TPSA) is 30.8 Å². The summed E-state index contributed by atoms with van der Waals surface area (Å²) in [5, 5.41) is 0.520. The van der Waals surface area contributed by atoms with Crippen LogP contribution in [0.15, 0.2) is 89.6 Å². The molecule has 0 aromatic heterocycles. The molecule has 28 heavy (non-hydrogen) atoms. The minimum atomic E-state index is 0.420. The van der Waals surface area contributed by atoms with Crippen molar-refractivity contribution < 1.29 is 9.47 Å². The fraction of sp³-hybridized carbons (Fsp3) is 0.125. The Morgan fingerprint density at radius 1 is 0.857 bits per heavy atom. The lowest BCUT2D eigenvalue weighted by atomic mass is 10.2. The fourth-order valence-corrected chi connectivity index (χ4v) is 2.56. The maximum atomic E-state index is 6.25. The van der Waals surface area contributed by atoms with E-state index >= 15 is 0 Å². The maximum Gasteiger partial charge on any atom is 0.225 e. The van der Waals surface area contributed by atoms with Crippen LogP contribution in [0.25, 0.3) is 0 Å². The molecule has 3 aromatic rings. The molecule has 0 fully saturated rings. The number of para-hydroxylation sites is 1. The fourth-order valence-electron chi connectivity index (χ4n) is 2.38. The molecule has 0 aliphatic heterocycles. The van der Waals surface area contributed by atoms with Crippen LogP contribution in [0.5, 0.6) is 11.5 Å². The Kier molecular flexibility index (Phi) is 6.51. The van der Waals surface area contributed by atoms with Crippen molar-refractivity contribution in [1.29, 1.82) is 0 Å². The molecule has 0 heterocycles. The SMILES string of the molecule is C/C(=C\Oc1ccc(C)cc1)C(=Nc1ccc(C)cc1)Oc1ccccc1Cl. The van der Waals surface area contributed by atoms with Gasteiger partial charge in [0.05, 0.1) is 17.0 Å². The molecule has 0 radical (unpaired) electrons. The first-order valence-corrected chi connectivity index (χ1v) is 9.37. The van der Waals surface area contributed by atoms with Gasteiger partial charge in [0.25, 0.3) is 0 Å². The van der Waals surface area contributed by atoms with Crippen LogP contribution in [-0.2, 0) is 0 Å². The zero-order chi connectivity index (χ0) is 19.9. The number of aliphatic imine (C=N–C) groups is 1. The number of nitrogens with zero attached hydrogens (tertiary/aromatic N) is 1. The van der Waals surface area contributed by atoms with Gasteiger partial charge in [0.1, 0.15) is 11.5 Å². The van der Waals surface area contributed by atoms with Gasteiger partial charge in [-0.3, -0.25) is 0 Å². The summed E-state index contributed by atoms with van der Waals surface area (Å²) in [5.41, 5.74) is 3.87. The minimum Gasteiger partial charge on any atom is -0.465 e. The van der Waals surface area contributed by atoms with Crippen LogP contribution in [0.1, 0.15) is 18.1 Å². The van der Waals surface area contributed by atoms with Gasteiger partial charge in [-0.2, -0.15) is 0 Å². The quantitative estimate of drug-likeness (QED) is 0.265. The highest BCUT2D eigenvalue weighted by Crippen LogP contribution is 2.25. The van der Waals surface area contributed by atoms with Crippen LogP contribution in [0, 0.1) is 13.8 Å². The van der Waals surface area contributed by atoms with E-state index < -0.39 is 0 Å². The second kappa shape index (κ2) is 9.25. The summed E-state index contributed by atoms with van der Waals surface area (Å²) < 4.78 is 11.8. The lowest BCUT2D eigenvalue weighted by Gasteiger charge is -2.11. The number of benzene rings is 3. The second-order valence-electron chi connectivity index (χ2n) is 6.52. The Balaban J connectivity index is 1.90. The van der Waals surface area contributed by atoms with Gasteiger partial charge in [-0.25, -0.2) is 4.99 Å². The van der Waals surface area contributed by atoms with Gasteiger partial charge in [0, 0.05) is 5.57 Å². The Morgan fingerprint density at radius 3 is 2.11 bits per heavy atom. The van der Waals surface area contributed by atoms with Crippen molar-refractivity contribution in [3.8, 4) is 11.5 Å². The summed E-state index contributed by atoms with van der Waals surface area (Å²) in [6.07, 6.45) is 1.63. The summed E-state index contributed by atoms with van der Waals surface area (Å²) in [7, 11) is 0. The van der Waals surface area contributed by atoms with Crippen molar-refractivity contribution in [1.82, 2.24) is 0 Å². The molecule has 3 nitrogen and oxygen atoms in total. The van der Waals surface area contributed by atoms with E-state index in [9.17, 15) is 0 Å². The Bertz CT molecular complexity index is 990. The predicted octanol–water partition coefficient (Wildman–Crippen LogP) is 7.05. The van der Waals surface area contributed by atoms with Crippen molar-refractivity contribution >= 4 is 23.2 Å². The molecule has 0 atom stereocenters. The number of ether oxygens (including phenoxy) is 2. The first kappa shape index (κ1) is 19.7. The van der Waals surface area contributed by atoms with E-state index in [1.54, 1.807) is 18.4 Å². The van der Waals surface area contributed by atoms with Crippen molar-refractivity contribution in [3.05, 3.63) is 101 Å². The maximum absolute atomic E-state index is 6.25. The largest absolute Gasteiger partial charge is 0.465 e. The third kappa shape index (κ3) is 5.48. The zero-order valence-corrected chi connectivity index (χ0v) is 16.9. The monoisotopic (exact) mass is 391 g/mol. The van der Waals surface area contributed by atoms with Gasteiger partial charge in [-0.05, 0) is 57.2 Å². The Morgan fingerprint density at radius 2 is 1.46 bits per heavy atom. The smallest absolute Gasteiger partial charge is 0.225 e. The van der Waals surface area contributed by atoms with E-state index in [0.29, 0.717) is 16.7 Å². The predicted molar refractivity (Wildman–Crippen MR) is 116 cm³/mol. The van der Waals surface area contributed by atoms with Crippen LogP contribution in [0.2, 0.25) is 5.02 Å². The summed E-state index contributed by atoms with van der Waals surface area (Å²) in [5.74, 6) is 1.71. The first-order chi connectivity index (χ1) is 13.5. The summed E-state index contributed by atoms with van der Waals surface area (Å²) in [4.78, 5) is 4.65. The molecule has 3 rings (SSSR count). The molecule has 0 aliphatic rings. The molecular weight excluding hydrogens is 370 g/mol. The number of aryl methyl sites for hydroxylation is 2. The van der Waals surface area contributed by atoms with E-state index in [0.717, 1.165) is 17.0 Å². The van der Waals surface area contributed by atoms with Gasteiger partial charge >= 0.3 is 0 Å². The highest BCUT2D eigenvalue weighted by atomic mass is 35.5. The van der Waals surface area contributed by atoms with Crippen LogP contribution < -0.4 is 9.47 Å². The number of rotatable bonds is 5. The molecule has 0 spiro atoms. The average Bonchev–Trinajstić information content (AvgIpc) is 2.70. The summed E-state index contributed by atoms with van der Waals surface area (Å²) >= 11 is 6.25. The third-order valence-corrected chi connectivity index (χ3v) is 4.35. The molecule has 142 valence electrons. The Hall–Kier alpha value is -3.04. The van der Waals surface area contributed by atoms with Crippen molar-refractivity contribution in [2.75, 3.05) is 0 Å². The van der Waals surface area contributed by atoms with Crippen LogP contribution in [0.3, 0.4) is 0 Å². The van der Waals surface area contributed by atoms with Crippen LogP contribution >= 0.6 is 11.6 Å². The van der Waals surface area contributed by atoms with E-state index in [1.165, 1.54) is 11.1 Å². The van der Waals surface area contributed by atoms with Gasteiger partial charge in [-0.1, -0.05) is 59.1 Å². The minimum absolute atomic E-state index is 0.420. The van der Waals surface area contributed by atoms with Crippen LogP contribution in [-0.4, -0.2) is 5.90 Å². The van der Waals surface area contributed by atoms with E-state index in [-0.39, 0.29) is 0 Å². The molecule has 0 amide bonds. The number of hydrogen-bond acceptors (Lipinski definition) is 3. The molecule has 0 saturated carbocycles. The van der Waals surface area contributed by atoms with E-state index in [4.69, 9.17) is 21.1 Å². The van der Waals surface area contributed by atoms with Gasteiger partial charge < -0.3 is 9.47 Å².